The van der Waals surface area contributed by atoms with Gasteiger partial charge in [-0.3, -0.25) is 9.78 Å². The number of aryl methyl sites for hydroxylation is 1. The maximum absolute atomic E-state index is 12.3. The lowest BCUT2D eigenvalue weighted by Gasteiger charge is -2.36. The van der Waals surface area contributed by atoms with Crippen molar-refractivity contribution < 1.29 is 10.0 Å². The zero-order valence-electron chi connectivity index (χ0n) is 11.6. The van der Waals surface area contributed by atoms with E-state index in [9.17, 15) is 4.79 Å². The third-order valence-electron chi connectivity index (χ3n) is 3.80. The zero-order chi connectivity index (χ0) is 14.6. The highest BCUT2D eigenvalue weighted by Crippen LogP contribution is 2.28. The van der Waals surface area contributed by atoms with E-state index in [2.05, 4.69) is 15.5 Å². The van der Waals surface area contributed by atoms with Gasteiger partial charge in [-0.15, -0.1) is 0 Å². The van der Waals surface area contributed by atoms with E-state index in [0.717, 1.165) is 24.8 Å². The number of oxime groups is 1. The zero-order valence-corrected chi connectivity index (χ0v) is 11.6. The number of amidine groups is 1. The molecule has 1 aliphatic rings. The number of carbonyl (C=O) groups excluding carboxylic acids is 1. The number of nitrogens with one attached hydrogen (secondary N) is 1. The molecule has 6 nitrogen and oxygen atoms in total. The van der Waals surface area contributed by atoms with Crippen LogP contribution in [0.3, 0.4) is 0 Å². The van der Waals surface area contributed by atoms with Crippen molar-refractivity contribution in [3.05, 3.63) is 29.6 Å². The molecule has 20 heavy (non-hydrogen) atoms. The lowest BCUT2D eigenvalue weighted by molar-refractivity contribution is 0.0905. The van der Waals surface area contributed by atoms with Gasteiger partial charge in [0.15, 0.2) is 5.84 Å². The molecule has 1 amide bonds. The Kier molecular flexibility index (Phi) is 4.22. The van der Waals surface area contributed by atoms with Crippen LogP contribution in [0.5, 0.6) is 0 Å². The molecule has 6 heteroatoms. The number of carbonyl (C=O) groups is 1. The Balaban J connectivity index is 2.22. The highest BCUT2D eigenvalue weighted by molar-refractivity contribution is 6.00. The number of rotatable bonds is 3. The van der Waals surface area contributed by atoms with Crippen LogP contribution in [0.15, 0.2) is 23.6 Å². The van der Waals surface area contributed by atoms with Crippen LogP contribution < -0.4 is 11.1 Å². The van der Waals surface area contributed by atoms with Crippen molar-refractivity contribution in [3.8, 4) is 0 Å². The van der Waals surface area contributed by atoms with Crippen molar-refractivity contribution in [3.63, 3.8) is 0 Å². The summed E-state index contributed by atoms with van der Waals surface area (Å²) < 4.78 is 0. The van der Waals surface area contributed by atoms with E-state index in [4.69, 9.17) is 10.9 Å². The average molecular weight is 276 g/mol. The first kappa shape index (κ1) is 14.3. The molecule has 0 unspecified atom stereocenters. The lowest BCUT2D eigenvalue weighted by Crippen LogP contribution is -2.58. The number of aromatic nitrogens is 1. The van der Waals surface area contributed by atoms with Crippen molar-refractivity contribution >= 4 is 11.7 Å². The lowest BCUT2D eigenvalue weighted by atomic mass is 9.80. The summed E-state index contributed by atoms with van der Waals surface area (Å²) in [6.45, 7) is 1.88. The van der Waals surface area contributed by atoms with E-state index >= 15 is 0 Å². The van der Waals surface area contributed by atoms with Gasteiger partial charge in [0.1, 0.15) is 5.54 Å². The second kappa shape index (κ2) is 5.90. The molecule has 0 radical (unpaired) electrons. The molecular formula is C14H20N4O2. The van der Waals surface area contributed by atoms with Crippen molar-refractivity contribution in [1.82, 2.24) is 10.3 Å². The first-order valence-corrected chi connectivity index (χ1v) is 6.79. The van der Waals surface area contributed by atoms with Crippen LogP contribution in [-0.4, -0.2) is 27.5 Å². The summed E-state index contributed by atoms with van der Waals surface area (Å²) >= 11 is 0. The summed E-state index contributed by atoms with van der Waals surface area (Å²) in [4.78, 5) is 16.4. The molecule has 1 aliphatic carbocycles. The smallest absolute Gasteiger partial charge is 0.253 e. The van der Waals surface area contributed by atoms with Gasteiger partial charge in [0.25, 0.3) is 5.91 Å². The standard InChI is InChI=1S/C14H20N4O2/c1-10-7-11(9-16-8-10)12(19)17-14(13(15)18-20)5-3-2-4-6-14/h7-9,20H,2-6H2,1H3,(H2,15,18)(H,17,19). The second-order valence-electron chi connectivity index (χ2n) is 5.33. The van der Waals surface area contributed by atoms with E-state index in [0.29, 0.717) is 18.4 Å². The van der Waals surface area contributed by atoms with Crippen LogP contribution in [0.4, 0.5) is 0 Å². The normalized spacial score (nSPS) is 18.6. The predicted molar refractivity (Wildman–Crippen MR) is 75.7 cm³/mol. The SMILES string of the molecule is Cc1cncc(C(=O)NC2(C(N)=NO)CCCCC2)c1. The van der Waals surface area contributed by atoms with Gasteiger partial charge in [-0.25, -0.2) is 0 Å². The highest BCUT2D eigenvalue weighted by atomic mass is 16.4. The minimum atomic E-state index is -0.742. The van der Waals surface area contributed by atoms with Gasteiger partial charge >= 0.3 is 0 Å². The minimum absolute atomic E-state index is 0.0752. The van der Waals surface area contributed by atoms with Crippen LogP contribution in [0, 0.1) is 6.92 Å². The third kappa shape index (κ3) is 2.89. The number of nitrogens with zero attached hydrogens (tertiary/aromatic N) is 2. The molecule has 4 N–H and O–H groups in total. The number of hydrogen-bond acceptors (Lipinski definition) is 4. The molecule has 1 fully saturated rings. The Morgan fingerprint density at radius 1 is 1.40 bits per heavy atom. The molecule has 0 aromatic carbocycles. The molecule has 0 aliphatic heterocycles. The molecule has 2 rings (SSSR count). The van der Waals surface area contributed by atoms with Gasteiger partial charge in [0.05, 0.1) is 5.56 Å². The summed E-state index contributed by atoms with van der Waals surface area (Å²) in [6.07, 6.45) is 7.58. The Bertz CT molecular complexity index is 522. The van der Waals surface area contributed by atoms with Crippen molar-refractivity contribution in [2.45, 2.75) is 44.6 Å². The Labute approximate surface area is 118 Å². The predicted octanol–water partition coefficient (Wildman–Crippen LogP) is 1.57. The Morgan fingerprint density at radius 2 is 2.10 bits per heavy atom. The summed E-state index contributed by atoms with van der Waals surface area (Å²) in [5.74, 6) is -0.166. The maximum Gasteiger partial charge on any atom is 0.253 e. The van der Waals surface area contributed by atoms with Crippen LogP contribution >= 0.6 is 0 Å². The molecule has 1 aromatic heterocycles. The average Bonchev–Trinajstić information content (AvgIpc) is 2.47. The largest absolute Gasteiger partial charge is 0.409 e. The third-order valence-corrected chi connectivity index (χ3v) is 3.80. The fraction of sp³-hybridized carbons (Fsp3) is 0.500. The Morgan fingerprint density at radius 3 is 2.70 bits per heavy atom. The molecule has 0 bridgehead atoms. The van der Waals surface area contributed by atoms with Crippen molar-refractivity contribution in [2.24, 2.45) is 10.9 Å². The van der Waals surface area contributed by atoms with Crippen molar-refractivity contribution in [1.29, 1.82) is 0 Å². The van der Waals surface area contributed by atoms with Gasteiger partial charge in [0.2, 0.25) is 0 Å². The molecule has 1 heterocycles. The highest BCUT2D eigenvalue weighted by Gasteiger charge is 2.38. The van der Waals surface area contributed by atoms with Crippen LogP contribution in [0.25, 0.3) is 0 Å². The van der Waals surface area contributed by atoms with Gasteiger partial charge < -0.3 is 16.3 Å². The number of amides is 1. The monoisotopic (exact) mass is 276 g/mol. The number of nitrogens with two attached hydrogens (primary N) is 1. The minimum Gasteiger partial charge on any atom is -0.409 e. The van der Waals surface area contributed by atoms with Crippen molar-refractivity contribution in [2.75, 3.05) is 0 Å². The maximum atomic E-state index is 12.3. The van der Waals surface area contributed by atoms with Crippen LogP contribution in [0.1, 0.15) is 48.0 Å². The number of hydrogen-bond donors (Lipinski definition) is 3. The summed E-state index contributed by atoms with van der Waals surface area (Å²) in [6, 6.07) is 1.77. The van der Waals surface area contributed by atoms with Crippen LogP contribution in [0.2, 0.25) is 0 Å². The fourth-order valence-corrected chi connectivity index (χ4v) is 2.66. The van der Waals surface area contributed by atoms with E-state index < -0.39 is 5.54 Å². The molecule has 108 valence electrons. The topological polar surface area (TPSA) is 101 Å². The van der Waals surface area contributed by atoms with Gasteiger partial charge in [0, 0.05) is 12.4 Å². The van der Waals surface area contributed by atoms with E-state index in [1.165, 1.54) is 6.20 Å². The Hall–Kier alpha value is -2.11. The van der Waals surface area contributed by atoms with Gasteiger partial charge in [-0.2, -0.15) is 0 Å². The van der Waals surface area contributed by atoms with Gasteiger partial charge in [-0.05, 0) is 31.4 Å². The van der Waals surface area contributed by atoms with E-state index in [1.54, 1.807) is 12.3 Å². The molecule has 0 saturated heterocycles. The molecule has 1 saturated carbocycles. The first-order chi connectivity index (χ1) is 9.57. The summed E-state index contributed by atoms with van der Waals surface area (Å²) in [5.41, 5.74) is 6.47. The summed E-state index contributed by atoms with van der Waals surface area (Å²) in [7, 11) is 0. The molecule has 1 aromatic rings. The molecule has 0 atom stereocenters. The van der Waals surface area contributed by atoms with Gasteiger partial charge in [-0.1, -0.05) is 24.4 Å². The quantitative estimate of drug-likeness (QED) is 0.337. The number of pyridine rings is 1. The van der Waals surface area contributed by atoms with Crippen LogP contribution in [-0.2, 0) is 0 Å². The van der Waals surface area contributed by atoms with E-state index in [-0.39, 0.29) is 11.7 Å². The summed E-state index contributed by atoms with van der Waals surface area (Å²) in [5, 5.41) is 15.0. The fourth-order valence-electron chi connectivity index (χ4n) is 2.66. The second-order valence-corrected chi connectivity index (χ2v) is 5.33. The molecule has 0 spiro atoms. The first-order valence-electron chi connectivity index (χ1n) is 6.79. The molecular weight excluding hydrogens is 256 g/mol. The van der Waals surface area contributed by atoms with E-state index in [1.807, 2.05) is 6.92 Å².